The van der Waals surface area contributed by atoms with Gasteiger partial charge in [-0.2, -0.15) is 0 Å². The number of anilines is 1. The molecule has 0 spiro atoms. The van der Waals surface area contributed by atoms with Crippen molar-refractivity contribution in [1.82, 2.24) is 15.2 Å². The number of carbonyl (C=O) groups is 2. The number of benzene rings is 1. The van der Waals surface area contributed by atoms with Gasteiger partial charge in [-0.15, -0.1) is 0 Å². The molecular weight excluding hydrogens is 332 g/mol. The molecule has 1 aromatic heterocycles. The van der Waals surface area contributed by atoms with Crippen LogP contribution in [0.25, 0.3) is 0 Å². The Hall–Kier alpha value is -2.70. The van der Waals surface area contributed by atoms with E-state index in [9.17, 15) is 9.59 Å². The standard InChI is InChI=1S/C19H22N4O3/c1-11-5-6-14(10-15(11)20-18(24)13-7-8-13)19(25)23-9-3-4-16(23)17-12(2)21-26-22-17/h5-6,10,13,16H,3-4,7-9H2,1-2H3,(H,20,24)/t16-/m1/s1. The molecule has 2 amide bonds. The van der Waals surface area contributed by atoms with Crippen LogP contribution in [0.2, 0.25) is 0 Å². The van der Waals surface area contributed by atoms with Crippen LogP contribution in [0, 0.1) is 19.8 Å². The van der Waals surface area contributed by atoms with Crippen molar-refractivity contribution in [2.45, 2.75) is 45.6 Å². The Bertz CT molecular complexity index is 856. The number of aromatic nitrogens is 2. The van der Waals surface area contributed by atoms with E-state index in [1.54, 1.807) is 6.07 Å². The summed E-state index contributed by atoms with van der Waals surface area (Å²) in [5.41, 5.74) is 3.68. The zero-order valence-electron chi connectivity index (χ0n) is 15.0. The van der Waals surface area contributed by atoms with Crippen molar-refractivity contribution < 1.29 is 14.2 Å². The molecule has 0 unspecified atom stereocenters. The number of hydrogen-bond donors (Lipinski definition) is 1. The van der Waals surface area contributed by atoms with Gasteiger partial charge in [0.15, 0.2) is 0 Å². The minimum atomic E-state index is -0.112. The van der Waals surface area contributed by atoms with Crippen molar-refractivity contribution in [2.75, 3.05) is 11.9 Å². The third kappa shape index (κ3) is 3.09. The molecule has 1 N–H and O–H groups in total. The lowest BCUT2D eigenvalue weighted by molar-refractivity contribution is -0.117. The Balaban J connectivity index is 1.57. The number of hydrogen-bond acceptors (Lipinski definition) is 5. The highest BCUT2D eigenvalue weighted by Crippen LogP contribution is 2.34. The summed E-state index contributed by atoms with van der Waals surface area (Å²) in [6, 6.07) is 5.36. The number of amides is 2. The molecule has 2 aliphatic rings. The lowest BCUT2D eigenvalue weighted by atomic mass is 10.1. The van der Waals surface area contributed by atoms with Crippen LogP contribution >= 0.6 is 0 Å². The number of likely N-dealkylation sites (tertiary alicyclic amines) is 1. The van der Waals surface area contributed by atoms with Crippen LogP contribution in [0.15, 0.2) is 22.8 Å². The van der Waals surface area contributed by atoms with E-state index >= 15 is 0 Å². The molecule has 4 rings (SSSR count). The zero-order valence-corrected chi connectivity index (χ0v) is 15.0. The summed E-state index contributed by atoms with van der Waals surface area (Å²) in [7, 11) is 0. The van der Waals surface area contributed by atoms with Crippen LogP contribution in [0.1, 0.15) is 59.0 Å². The Morgan fingerprint density at radius 2 is 2.00 bits per heavy atom. The maximum absolute atomic E-state index is 13.1. The van der Waals surface area contributed by atoms with Crippen LogP contribution in [0.3, 0.4) is 0 Å². The van der Waals surface area contributed by atoms with E-state index < -0.39 is 0 Å². The second-order valence-electron chi connectivity index (χ2n) is 7.18. The van der Waals surface area contributed by atoms with Gasteiger partial charge in [-0.3, -0.25) is 9.59 Å². The van der Waals surface area contributed by atoms with E-state index in [1.807, 2.05) is 30.9 Å². The Labute approximate surface area is 151 Å². The fraction of sp³-hybridized carbons (Fsp3) is 0.474. The van der Waals surface area contributed by atoms with Gasteiger partial charge in [0.05, 0.1) is 6.04 Å². The van der Waals surface area contributed by atoms with Crippen molar-refractivity contribution >= 4 is 17.5 Å². The highest BCUT2D eigenvalue weighted by atomic mass is 16.6. The van der Waals surface area contributed by atoms with E-state index in [0.29, 0.717) is 17.8 Å². The summed E-state index contributed by atoms with van der Waals surface area (Å²) in [5, 5.41) is 10.8. The van der Waals surface area contributed by atoms with Gasteiger partial charge in [0.25, 0.3) is 5.91 Å². The fourth-order valence-electron chi connectivity index (χ4n) is 3.47. The first kappa shape index (κ1) is 16.8. The molecule has 0 bridgehead atoms. The molecule has 136 valence electrons. The molecule has 2 aromatic rings. The van der Waals surface area contributed by atoms with Gasteiger partial charge in [-0.05, 0) is 57.2 Å². The summed E-state index contributed by atoms with van der Waals surface area (Å²) in [5.74, 6) is 0.109. The second-order valence-corrected chi connectivity index (χ2v) is 7.18. The summed E-state index contributed by atoms with van der Waals surface area (Å²) in [4.78, 5) is 27.0. The predicted octanol–water partition coefficient (Wildman–Crippen LogP) is 3.01. The van der Waals surface area contributed by atoms with Gasteiger partial charge in [-0.1, -0.05) is 16.4 Å². The largest absolute Gasteiger partial charge is 0.330 e. The van der Waals surface area contributed by atoms with E-state index in [4.69, 9.17) is 4.63 Å². The minimum Gasteiger partial charge on any atom is -0.330 e. The molecule has 0 radical (unpaired) electrons. The molecule has 1 saturated carbocycles. The average molecular weight is 354 g/mol. The maximum atomic E-state index is 13.1. The predicted molar refractivity (Wildman–Crippen MR) is 94.6 cm³/mol. The smallest absolute Gasteiger partial charge is 0.254 e. The van der Waals surface area contributed by atoms with E-state index in [1.165, 1.54) is 0 Å². The SMILES string of the molecule is Cc1ccc(C(=O)N2CCC[C@@H]2c2nonc2C)cc1NC(=O)C1CC1. The molecule has 26 heavy (non-hydrogen) atoms. The Kier molecular flexibility index (Phi) is 4.22. The molecular formula is C19H22N4O3. The van der Waals surface area contributed by atoms with Crippen LogP contribution < -0.4 is 5.32 Å². The number of aryl methyl sites for hydroxylation is 2. The van der Waals surface area contributed by atoms with Crippen molar-refractivity contribution in [1.29, 1.82) is 0 Å². The van der Waals surface area contributed by atoms with Gasteiger partial charge in [-0.25, -0.2) is 4.63 Å². The average Bonchev–Trinajstić information content (AvgIpc) is 3.23. The van der Waals surface area contributed by atoms with Crippen molar-refractivity contribution in [3.8, 4) is 0 Å². The van der Waals surface area contributed by atoms with Gasteiger partial charge < -0.3 is 10.2 Å². The number of nitrogens with zero attached hydrogens (tertiary/aromatic N) is 3. The van der Waals surface area contributed by atoms with Gasteiger partial charge in [0.2, 0.25) is 5.91 Å². The van der Waals surface area contributed by atoms with Gasteiger partial charge in [0.1, 0.15) is 11.4 Å². The summed E-state index contributed by atoms with van der Waals surface area (Å²) in [6.07, 6.45) is 3.66. The van der Waals surface area contributed by atoms with Crippen LogP contribution in [0.4, 0.5) is 5.69 Å². The lowest BCUT2D eigenvalue weighted by Gasteiger charge is -2.23. The molecule has 2 heterocycles. The Morgan fingerprint density at radius 3 is 2.69 bits per heavy atom. The van der Waals surface area contributed by atoms with Gasteiger partial charge in [0, 0.05) is 23.7 Å². The topological polar surface area (TPSA) is 88.3 Å². The van der Waals surface area contributed by atoms with Crippen LogP contribution in [-0.4, -0.2) is 33.6 Å². The van der Waals surface area contributed by atoms with Crippen LogP contribution in [-0.2, 0) is 4.79 Å². The maximum Gasteiger partial charge on any atom is 0.254 e. The molecule has 1 aliphatic carbocycles. The first-order valence-corrected chi connectivity index (χ1v) is 9.06. The Morgan fingerprint density at radius 1 is 1.19 bits per heavy atom. The van der Waals surface area contributed by atoms with E-state index in [2.05, 4.69) is 15.6 Å². The highest BCUT2D eigenvalue weighted by Gasteiger charge is 2.34. The first-order valence-electron chi connectivity index (χ1n) is 9.06. The third-order valence-electron chi connectivity index (χ3n) is 5.21. The van der Waals surface area contributed by atoms with Gasteiger partial charge >= 0.3 is 0 Å². The number of nitrogens with one attached hydrogen (secondary N) is 1. The molecule has 1 saturated heterocycles. The van der Waals surface area contributed by atoms with Crippen molar-refractivity contribution in [3.63, 3.8) is 0 Å². The van der Waals surface area contributed by atoms with Crippen molar-refractivity contribution in [3.05, 3.63) is 40.7 Å². The zero-order chi connectivity index (χ0) is 18.3. The lowest BCUT2D eigenvalue weighted by Crippen LogP contribution is -2.31. The molecule has 2 fully saturated rings. The molecule has 1 aliphatic heterocycles. The highest BCUT2D eigenvalue weighted by molar-refractivity contribution is 5.99. The normalized spacial score (nSPS) is 19.6. The monoisotopic (exact) mass is 354 g/mol. The molecule has 1 atom stereocenters. The summed E-state index contributed by atoms with van der Waals surface area (Å²) < 4.78 is 4.81. The van der Waals surface area contributed by atoms with E-state index in [-0.39, 0.29) is 23.8 Å². The second kappa shape index (κ2) is 6.55. The van der Waals surface area contributed by atoms with Crippen LogP contribution in [0.5, 0.6) is 0 Å². The van der Waals surface area contributed by atoms with E-state index in [0.717, 1.165) is 42.6 Å². The molecule has 7 nitrogen and oxygen atoms in total. The summed E-state index contributed by atoms with van der Waals surface area (Å²) in [6.45, 7) is 4.44. The first-order chi connectivity index (χ1) is 12.5. The minimum absolute atomic E-state index is 0.0426. The number of carbonyl (C=O) groups excluding carboxylic acids is 2. The summed E-state index contributed by atoms with van der Waals surface area (Å²) >= 11 is 0. The molecule has 1 aromatic carbocycles. The quantitative estimate of drug-likeness (QED) is 0.912. The fourth-order valence-corrected chi connectivity index (χ4v) is 3.47. The third-order valence-corrected chi connectivity index (χ3v) is 5.21. The molecule has 7 heteroatoms. The van der Waals surface area contributed by atoms with Crippen molar-refractivity contribution in [2.24, 2.45) is 5.92 Å². The number of rotatable bonds is 4.